The lowest BCUT2D eigenvalue weighted by atomic mass is 10.1. The van der Waals surface area contributed by atoms with Gasteiger partial charge in [-0.25, -0.2) is 9.97 Å². The van der Waals surface area contributed by atoms with Crippen LogP contribution in [-0.4, -0.2) is 26.3 Å². The van der Waals surface area contributed by atoms with E-state index in [0.29, 0.717) is 16.8 Å². The van der Waals surface area contributed by atoms with Gasteiger partial charge < -0.3 is 15.2 Å². The zero-order valence-electron chi connectivity index (χ0n) is 17.1. The zero-order chi connectivity index (χ0) is 20.7. The number of amides is 2. The molecule has 5 rings (SSSR count). The Hall–Kier alpha value is -3.22. The minimum Gasteiger partial charge on any atom is -0.326 e. The molecule has 0 saturated heterocycles. The van der Waals surface area contributed by atoms with Crippen LogP contribution < -0.4 is 10.6 Å². The number of nitrogens with zero attached hydrogens (tertiary/aromatic N) is 3. The van der Waals surface area contributed by atoms with Crippen molar-refractivity contribution in [3.8, 4) is 0 Å². The molecule has 1 aliphatic heterocycles. The molecular formula is C23H25N5O2. The van der Waals surface area contributed by atoms with Gasteiger partial charge in [0.05, 0.1) is 5.56 Å². The minimum absolute atomic E-state index is 0.0704. The fourth-order valence-electron chi connectivity index (χ4n) is 4.01. The highest BCUT2D eigenvalue weighted by Gasteiger charge is 2.29. The second kappa shape index (κ2) is 7.55. The van der Waals surface area contributed by atoms with Gasteiger partial charge in [0, 0.05) is 36.0 Å². The summed E-state index contributed by atoms with van der Waals surface area (Å²) in [4.78, 5) is 34.4. The maximum atomic E-state index is 13.1. The molecule has 1 aliphatic carbocycles. The van der Waals surface area contributed by atoms with Crippen molar-refractivity contribution in [3.05, 3.63) is 47.4 Å². The van der Waals surface area contributed by atoms with Crippen molar-refractivity contribution < 1.29 is 9.59 Å². The lowest BCUT2D eigenvalue weighted by Gasteiger charge is -2.09. The molecule has 2 aliphatic rings. The smallest absolute Gasteiger partial charge is 0.258 e. The number of pyridine rings is 1. The van der Waals surface area contributed by atoms with E-state index in [4.69, 9.17) is 4.98 Å². The molecule has 0 spiro atoms. The highest BCUT2D eigenvalue weighted by atomic mass is 16.2. The number of hydrogen-bond acceptors (Lipinski definition) is 4. The third-order valence-corrected chi connectivity index (χ3v) is 5.80. The summed E-state index contributed by atoms with van der Waals surface area (Å²) in [6, 6.07) is 9.01. The molecule has 0 bridgehead atoms. The lowest BCUT2D eigenvalue weighted by molar-refractivity contribution is -0.117. The molecule has 0 radical (unpaired) electrons. The molecule has 2 amide bonds. The van der Waals surface area contributed by atoms with Gasteiger partial charge in [0.1, 0.15) is 11.3 Å². The van der Waals surface area contributed by atoms with E-state index in [1.54, 1.807) is 18.2 Å². The summed E-state index contributed by atoms with van der Waals surface area (Å²) in [5, 5.41) is 5.87. The molecule has 1 saturated carbocycles. The SMILES string of the molecule is Cc1cc(C(=O)Nc2ccc(NC(=O)C3CC3)cc2)c2nc3n(c2n1)CCCCC3. The first-order valence-electron chi connectivity index (χ1n) is 10.7. The molecule has 0 unspecified atom stereocenters. The number of anilines is 2. The van der Waals surface area contributed by atoms with E-state index in [1.165, 1.54) is 6.42 Å². The molecule has 2 aromatic heterocycles. The van der Waals surface area contributed by atoms with Gasteiger partial charge in [-0.3, -0.25) is 9.59 Å². The maximum Gasteiger partial charge on any atom is 0.258 e. The average molecular weight is 403 g/mol. The molecule has 30 heavy (non-hydrogen) atoms. The van der Waals surface area contributed by atoms with Gasteiger partial charge >= 0.3 is 0 Å². The van der Waals surface area contributed by atoms with Crippen molar-refractivity contribution in [2.24, 2.45) is 5.92 Å². The molecule has 7 heteroatoms. The van der Waals surface area contributed by atoms with Crippen LogP contribution in [-0.2, 0) is 17.8 Å². The first-order valence-corrected chi connectivity index (χ1v) is 10.7. The Morgan fingerprint density at radius 1 is 1.00 bits per heavy atom. The third kappa shape index (κ3) is 3.67. The summed E-state index contributed by atoms with van der Waals surface area (Å²) >= 11 is 0. The normalized spacial score (nSPS) is 16.0. The van der Waals surface area contributed by atoms with E-state index in [1.807, 2.05) is 19.1 Å². The van der Waals surface area contributed by atoms with Gasteiger partial charge in [-0.05, 0) is 62.9 Å². The van der Waals surface area contributed by atoms with E-state index < -0.39 is 0 Å². The van der Waals surface area contributed by atoms with Crippen molar-refractivity contribution in [1.82, 2.24) is 14.5 Å². The number of nitrogens with one attached hydrogen (secondary N) is 2. The first-order chi connectivity index (χ1) is 14.6. The summed E-state index contributed by atoms with van der Waals surface area (Å²) in [7, 11) is 0. The minimum atomic E-state index is -0.200. The van der Waals surface area contributed by atoms with Gasteiger partial charge in [-0.15, -0.1) is 0 Å². The van der Waals surface area contributed by atoms with Crippen LogP contribution in [0.2, 0.25) is 0 Å². The Bertz CT molecular complexity index is 1130. The van der Waals surface area contributed by atoms with Crippen LogP contribution in [0.25, 0.3) is 11.2 Å². The Kier molecular flexibility index (Phi) is 4.73. The average Bonchev–Trinajstić information content (AvgIpc) is 3.55. The van der Waals surface area contributed by atoms with E-state index in [0.717, 1.165) is 61.5 Å². The highest BCUT2D eigenvalue weighted by molar-refractivity contribution is 6.11. The topological polar surface area (TPSA) is 88.9 Å². The molecular weight excluding hydrogens is 378 g/mol. The van der Waals surface area contributed by atoms with Crippen LogP contribution >= 0.6 is 0 Å². The first kappa shape index (κ1) is 18.8. The summed E-state index contributed by atoms with van der Waals surface area (Å²) in [6.07, 6.45) is 6.28. The fraction of sp³-hybridized carbons (Fsp3) is 0.391. The quantitative estimate of drug-likeness (QED) is 0.687. The highest BCUT2D eigenvalue weighted by Crippen LogP contribution is 2.30. The second-order valence-electron chi connectivity index (χ2n) is 8.27. The molecule has 1 aromatic carbocycles. The van der Waals surface area contributed by atoms with E-state index in [9.17, 15) is 9.59 Å². The van der Waals surface area contributed by atoms with Gasteiger partial charge in [0.2, 0.25) is 5.91 Å². The molecule has 1 fully saturated rings. The van der Waals surface area contributed by atoms with Gasteiger partial charge in [0.25, 0.3) is 5.91 Å². The third-order valence-electron chi connectivity index (χ3n) is 5.80. The second-order valence-corrected chi connectivity index (χ2v) is 8.27. The molecule has 3 aromatic rings. The monoisotopic (exact) mass is 403 g/mol. The maximum absolute atomic E-state index is 13.1. The van der Waals surface area contributed by atoms with Crippen LogP contribution in [0.1, 0.15) is 54.0 Å². The number of aryl methyl sites for hydroxylation is 3. The Labute approximate surface area is 174 Å². The van der Waals surface area contributed by atoms with Crippen molar-refractivity contribution in [3.63, 3.8) is 0 Å². The summed E-state index contributed by atoms with van der Waals surface area (Å²) in [5.41, 5.74) is 4.23. The number of aromatic nitrogens is 3. The van der Waals surface area contributed by atoms with Crippen LogP contribution in [0.3, 0.4) is 0 Å². The van der Waals surface area contributed by atoms with Crippen molar-refractivity contribution in [2.45, 2.75) is 52.0 Å². The number of imidazole rings is 1. The van der Waals surface area contributed by atoms with Gasteiger partial charge in [-0.1, -0.05) is 6.42 Å². The Morgan fingerprint density at radius 3 is 2.47 bits per heavy atom. The largest absolute Gasteiger partial charge is 0.326 e. The molecule has 7 nitrogen and oxygen atoms in total. The van der Waals surface area contributed by atoms with E-state index >= 15 is 0 Å². The van der Waals surface area contributed by atoms with Crippen LogP contribution in [0, 0.1) is 12.8 Å². The zero-order valence-corrected chi connectivity index (χ0v) is 17.1. The van der Waals surface area contributed by atoms with Crippen LogP contribution in [0.4, 0.5) is 11.4 Å². The summed E-state index contributed by atoms with van der Waals surface area (Å²) < 4.78 is 2.17. The predicted molar refractivity (Wildman–Crippen MR) is 116 cm³/mol. The van der Waals surface area contributed by atoms with E-state index in [2.05, 4.69) is 20.2 Å². The number of hydrogen-bond donors (Lipinski definition) is 2. The van der Waals surface area contributed by atoms with Crippen molar-refractivity contribution in [2.75, 3.05) is 10.6 Å². The van der Waals surface area contributed by atoms with Crippen molar-refractivity contribution in [1.29, 1.82) is 0 Å². The molecule has 3 heterocycles. The van der Waals surface area contributed by atoms with Crippen LogP contribution in [0.5, 0.6) is 0 Å². The molecule has 0 atom stereocenters. The fourth-order valence-corrected chi connectivity index (χ4v) is 4.01. The summed E-state index contributed by atoms with van der Waals surface area (Å²) in [6.45, 7) is 2.81. The number of rotatable bonds is 4. The standard InChI is InChI=1S/C23H25N5O2/c1-14-13-18(20-21(24-14)28-12-4-2-3-5-19(28)27-20)23(30)26-17-10-8-16(9-11-17)25-22(29)15-6-7-15/h8-11,13,15H,2-7,12H2,1H3,(H,25,29)(H,26,30). The number of fused-ring (bicyclic) bond motifs is 3. The lowest BCUT2D eigenvalue weighted by Crippen LogP contribution is -2.14. The van der Waals surface area contributed by atoms with Crippen molar-refractivity contribution >= 4 is 34.4 Å². The number of carbonyl (C=O) groups excluding carboxylic acids is 2. The molecule has 2 N–H and O–H groups in total. The summed E-state index contributed by atoms with van der Waals surface area (Å²) in [5.74, 6) is 1.05. The van der Waals surface area contributed by atoms with E-state index in [-0.39, 0.29) is 17.7 Å². The van der Waals surface area contributed by atoms with Crippen LogP contribution in [0.15, 0.2) is 30.3 Å². The predicted octanol–water partition coefficient (Wildman–Crippen LogP) is 4.07. The number of benzene rings is 1. The Morgan fingerprint density at radius 2 is 1.73 bits per heavy atom. The van der Waals surface area contributed by atoms with Gasteiger partial charge in [0.15, 0.2) is 5.65 Å². The number of carbonyl (C=O) groups is 2. The van der Waals surface area contributed by atoms with Gasteiger partial charge in [-0.2, -0.15) is 0 Å². The molecule has 154 valence electrons. The Balaban J connectivity index is 1.38.